The molecule has 0 bridgehead atoms. The van der Waals surface area contributed by atoms with Crippen LogP contribution in [-0.4, -0.2) is 14.8 Å². The van der Waals surface area contributed by atoms with Crippen LogP contribution in [-0.2, 0) is 13.2 Å². The molecule has 24 heavy (non-hydrogen) atoms. The molecule has 0 spiro atoms. The van der Waals surface area contributed by atoms with Gasteiger partial charge in [-0.25, -0.2) is 0 Å². The van der Waals surface area contributed by atoms with Gasteiger partial charge in [0.25, 0.3) is 5.88 Å². The molecule has 1 aromatic carbocycles. The van der Waals surface area contributed by atoms with Crippen molar-refractivity contribution in [2.24, 2.45) is 0 Å². The minimum absolute atomic E-state index is 0.489. The van der Waals surface area contributed by atoms with Crippen molar-refractivity contribution in [2.45, 2.75) is 40.3 Å². The van der Waals surface area contributed by atoms with Gasteiger partial charge >= 0.3 is 0 Å². The molecule has 0 radical (unpaired) electrons. The van der Waals surface area contributed by atoms with Crippen molar-refractivity contribution in [1.82, 2.24) is 14.8 Å². The zero-order valence-corrected chi connectivity index (χ0v) is 14.5. The third kappa shape index (κ3) is 3.18. The molecule has 0 aliphatic rings. The maximum Gasteiger partial charge on any atom is 0.258 e. The van der Waals surface area contributed by atoms with E-state index in [9.17, 15) is 0 Å². The van der Waals surface area contributed by atoms with Gasteiger partial charge in [0, 0.05) is 17.6 Å². The molecule has 2 heterocycles. The van der Waals surface area contributed by atoms with Gasteiger partial charge in [0.15, 0.2) is 0 Å². The van der Waals surface area contributed by atoms with Crippen LogP contribution in [0.1, 0.15) is 30.2 Å². The summed E-state index contributed by atoms with van der Waals surface area (Å²) in [4.78, 5) is 0. The van der Waals surface area contributed by atoms with E-state index in [4.69, 9.17) is 4.74 Å². The first-order chi connectivity index (χ1) is 11.7. The van der Waals surface area contributed by atoms with Gasteiger partial charge < -0.3 is 9.30 Å². The lowest BCUT2D eigenvalue weighted by Crippen LogP contribution is -2.03. The molecule has 0 fully saturated rings. The summed E-state index contributed by atoms with van der Waals surface area (Å²) in [6.45, 7) is 7.71. The second-order valence-corrected chi connectivity index (χ2v) is 5.89. The number of benzene rings is 1. The number of hydrogen-bond acceptors (Lipinski definition) is 3. The standard InChI is InChI=1S/C20H23N3O/c1-4-5-9-12-23-16(3)15(2)18-13-21-22-20(19(18)23)24-14-17-10-7-6-8-11-17/h5-11,13H,4,12,14H2,1-3H3. The highest BCUT2D eigenvalue weighted by molar-refractivity contribution is 5.88. The van der Waals surface area contributed by atoms with E-state index in [0.717, 1.165) is 29.4 Å². The van der Waals surface area contributed by atoms with Crippen molar-refractivity contribution in [3.63, 3.8) is 0 Å². The molecule has 0 aliphatic carbocycles. The molecule has 0 aliphatic heterocycles. The zero-order valence-electron chi connectivity index (χ0n) is 14.5. The molecule has 4 nitrogen and oxygen atoms in total. The number of ether oxygens (including phenoxy) is 1. The van der Waals surface area contributed by atoms with Gasteiger partial charge in [0.1, 0.15) is 12.1 Å². The fraction of sp³-hybridized carbons (Fsp3) is 0.300. The first kappa shape index (κ1) is 16.2. The summed E-state index contributed by atoms with van der Waals surface area (Å²) in [5, 5.41) is 9.49. The van der Waals surface area contributed by atoms with Crippen molar-refractivity contribution >= 4 is 10.9 Å². The van der Waals surface area contributed by atoms with Crippen LogP contribution in [0.3, 0.4) is 0 Å². The van der Waals surface area contributed by atoms with E-state index in [1.165, 1.54) is 11.3 Å². The van der Waals surface area contributed by atoms with Crippen LogP contribution in [0.2, 0.25) is 0 Å². The SMILES string of the molecule is CCC=CCn1c(C)c(C)c2cnnc(OCc3ccccc3)c21. The fourth-order valence-corrected chi connectivity index (χ4v) is 2.86. The number of aryl methyl sites for hydroxylation is 1. The lowest BCUT2D eigenvalue weighted by Gasteiger charge is -2.10. The van der Waals surface area contributed by atoms with Crippen LogP contribution in [0.4, 0.5) is 0 Å². The van der Waals surface area contributed by atoms with Crippen molar-refractivity contribution in [1.29, 1.82) is 0 Å². The summed E-state index contributed by atoms with van der Waals surface area (Å²) < 4.78 is 8.26. The molecule has 4 heteroatoms. The highest BCUT2D eigenvalue weighted by Crippen LogP contribution is 2.30. The normalized spacial score (nSPS) is 11.5. The highest BCUT2D eigenvalue weighted by atomic mass is 16.5. The molecule has 0 saturated carbocycles. The van der Waals surface area contributed by atoms with Crippen molar-refractivity contribution in [2.75, 3.05) is 0 Å². The summed E-state index contributed by atoms with van der Waals surface area (Å²) >= 11 is 0. The molecule has 0 amide bonds. The monoisotopic (exact) mass is 321 g/mol. The van der Waals surface area contributed by atoms with Gasteiger partial charge in [-0.2, -0.15) is 5.10 Å². The van der Waals surface area contributed by atoms with E-state index in [2.05, 4.69) is 47.7 Å². The van der Waals surface area contributed by atoms with Crippen molar-refractivity contribution in [3.05, 3.63) is 65.5 Å². The van der Waals surface area contributed by atoms with Crippen molar-refractivity contribution < 1.29 is 4.74 Å². The van der Waals surface area contributed by atoms with Crippen LogP contribution in [0, 0.1) is 13.8 Å². The van der Waals surface area contributed by atoms with Gasteiger partial charge in [-0.1, -0.05) is 49.4 Å². The summed E-state index contributed by atoms with van der Waals surface area (Å²) in [7, 11) is 0. The minimum Gasteiger partial charge on any atom is -0.470 e. The van der Waals surface area contributed by atoms with Crippen LogP contribution < -0.4 is 4.74 Å². The van der Waals surface area contributed by atoms with Gasteiger partial charge in [-0.15, -0.1) is 5.10 Å². The number of hydrogen-bond donors (Lipinski definition) is 0. The van der Waals surface area contributed by atoms with E-state index in [1.54, 1.807) is 0 Å². The third-order valence-electron chi connectivity index (χ3n) is 4.32. The Morgan fingerprint density at radius 2 is 1.92 bits per heavy atom. The van der Waals surface area contributed by atoms with E-state index < -0.39 is 0 Å². The number of fused-ring (bicyclic) bond motifs is 1. The molecular formula is C20H23N3O. The average Bonchev–Trinajstić information content (AvgIpc) is 2.86. The second kappa shape index (κ2) is 7.30. The Bertz CT molecular complexity index is 850. The highest BCUT2D eigenvalue weighted by Gasteiger charge is 2.16. The Hall–Kier alpha value is -2.62. The van der Waals surface area contributed by atoms with Gasteiger partial charge in [0.05, 0.1) is 6.20 Å². The second-order valence-electron chi connectivity index (χ2n) is 5.89. The topological polar surface area (TPSA) is 39.9 Å². The molecule has 0 unspecified atom stereocenters. The smallest absolute Gasteiger partial charge is 0.258 e. The maximum absolute atomic E-state index is 6.00. The zero-order chi connectivity index (χ0) is 16.9. The maximum atomic E-state index is 6.00. The summed E-state index contributed by atoms with van der Waals surface area (Å²) in [6, 6.07) is 10.1. The Morgan fingerprint density at radius 3 is 2.67 bits per heavy atom. The number of nitrogens with zero attached hydrogens (tertiary/aromatic N) is 3. The average molecular weight is 321 g/mol. The molecule has 124 valence electrons. The van der Waals surface area contributed by atoms with E-state index in [-0.39, 0.29) is 0 Å². The summed E-state index contributed by atoms with van der Waals surface area (Å²) in [5.41, 5.74) is 4.60. The van der Waals surface area contributed by atoms with Gasteiger partial charge in [-0.05, 0) is 31.4 Å². The van der Waals surface area contributed by atoms with Gasteiger partial charge in [-0.3, -0.25) is 0 Å². The van der Waals surface area contributed by atoms with E-state index >= 15 is 0 Å². The van der Waals surface area contributed by atoms with E-state index in [0.29, 0.717) is 12.5 Å². The Morgan fingerprint density at radius 1 is 1.12 bits per heavy atom. The molecule has 0 saturated heterocycles. The number of rotatable bonds is 6. The largest absolute Gasteiger partial charge is 0.470 e. The summed E-state index contributed by atoms with van der Waals surface area (Å²) in [6.07, 6.45) is 7.23. The van der Waals surface area contributed by atoms with E-state index in [1.807, 2.05) is 36.5 Å². The quantitative estimate of drug-likeness (QED) is 0.623. The minimum atomic E-state index is 0.489. The first-order valence-electron chi connectivity index (χ1n) is 8.35. The van der Waals surface area contributed by atoms with Crippen LogP contribution in [0.25, 0.3) is 10.9 Å². The molecule has 0 atom stereocenters. The predicted octanol–water partition coefficient (Wildman–Crippen LogP) is 4.59. The molecule has 2 aromatic heterocycles. The van der Waals surface area contributed by atoms with Crippen LogP contribution in [0.5, 0.6) is 5.88 Å². The van der Waals surface area contributed by atoms with Crippen LogP contribution in [0.15, 0.2) is 48.7 Å². The molecular weight excluding hydrogens is 298 g/mol. The molecule has 0 N–H and O–H groups in total. The number of allylic oxidation sites excluding steroid dienone is 2. The Kier molecular flexibility index (Phi) is 4.94. The predicted molar refractivity (Wildman–Crippen MR) is 97.2 cm³/mol. The lowest BCUT2D eigenvalue weighted by molar-refractivity contribution is 0.293. The van der Waals surface area contributed by atoms with Crippen molar-refractivity contribution in [3.8, 4) is 5.88 Å². The Balaban J connectivity index is 1.98. The summed E-state index contributed by atoms with van der Waals surface area (Å²) in [5.74, 6) is 0.595. The fourth-order valence-electron chi connectivity index (χ4n) is 2.86. The number of aromatic nitrogens is 3. The molecule has 3 aromatic rings. The lowest BCUT2D eigenvalue weighted by atomic mass is 10.2. The third-order valence-corrected chi connectivity index (χ3v) is 4.32. The molecule has 3 rings (SSSR count). The van der Waals surface area contributed by atoms with Gasteiger partial charge in [0.2, 0.25) is 0 Å². The first-order valence-corrected chi connectivity index (χ1v) is 8.35. The Labute approximate surface area is 142 Å². The van der Waals surface area contributed by atoms with Crippen LogP contribution >= 0.6 is 0 Å².